The maximum atomic E-state index is 9.95. The molecule has 0 heterocycles. The minimum Gasteiger partial charge on any atom is -0.496 e. The van der Waals surface area contributed by atoms with Crippen LogP contribution in [0.25, 0.3) is 21.5 Å². The number of hydrogen-bond acceptors (Lipinski definition) is 2. The second kappa shape index (κ2) is 4.22. The number of rotatable bonds is 1. The summed E-state index contributed by atoms with van der Waals surface area (Å²) < 4.78 is 5.61. The van der Waals surface area contributed by atoms with Crippen molar-refractivity contribution < 1.29 is 9.84 Å². The van der Waals surface area contributed by atoms with Crippen LogP contribution in [-0.4, -0.2) is 18.3 Å². The zero-order chi connectivity index (χ0) is 13.7. The zero-order valence-corrected chi connectivity index (χ0v) is 11.4. The van der Waals surface area contributed by atoms with Gasteiger partial charge >= 0.3 is 0 Å². The minimum atomic E-state index is -0.258. The molecule has 1 atom stereocenters. The molecule has 1 aliphatic carbocycles. The van der Waals surface area contributed by atoms with Crippen LogP contribution in [-0.2, 0) is 12.8 Å². The van der Waals surface area contributed by atoms with E-state index in [2.05, 4.69) is 42.5 Å². The van der Waals surface area contributed by atoms with Gasteiger partial charge in [0, 0.05) is 5.39 Å². The number of fused-ring (bicyclic) bond motifs is 5. The number of benzene rings is 3. The van der Waals surface area contributed by atoms with Gasteiger partial charge < -0.3 is 9.84 Å². The van der Waals surface area contributed by atoms with E-state index in [1.54, 1.807) is 7.11 Å². The molecular weight excluding hydrogens is 248 g/mol. The van der Waals surface area contributed by atoms with Crippen molar-refractivity contribution in [3.05, 3.63) is 53.6 Å². The first-order valence-electron chi connectivity index (χ1n) is 6.96. The van der Waals surface area contributed by atoms with Crippen LogP contribution in [0.2, 0.25) is 0 Å². The molecule has 0 radical (unpaired) electrons. The van der Waals surface area contributed by atoms with Gasteiger partial charge in [0.25, 0.3) is 0 Å². The summed E-state index contributed by atoms with van der Waals surface area (Å²) in [5, 5.41) is 14.8. The smallest absolute Gasteiger partial charge is 0.127 e. The average molecular weight is 264 g/mol. The van der Waals surface area contributed by atoms with Crippen LogP contribution in [0.3, 0.4) is 0 Å². The molecule has 3 aromatic carbocycles. The summed E-state index contributed by atoms with van der Waals surface area (Å²) >= 11 is 0. The molecule has 0 saturated heterocycles. The van der Waals surface area contributed by atoms with E-state index in [-0.39, 0.29) is 6.10 Å². The van der Waals surface area contributed by atoms with Gasteiger partial charge in [-0.25, -0.2) is 0 Å². The van der Waals surface area contributed by atoms with Crippen molar-refractivity contribution in [2.24, 2.45) is 0 Å². The molecule has 0 amide bonds. The molecule has 0 bridgehead atoms. The Hall–Kier alpha value is -2.06. The van der Waals surface area contributed by atoms with Crippen LogP contribution in [0.15, 0.2) is 42.5 Å². The van der Waals surface area contributed by atoms with Gasteiger partial charge in [-0.2, -0.15) is 0 Å². The highest BCUT2D eigenvalue weighted by atomic mass is 16.5. The van der Waals surface area contributed by atoms with Crippen LogP contribution >= 0.6 is 0 Å². The van der Waals surface area contributed by atoms with Crippen LogP contribution in [0.5, 0.6) is 5.75 Å². The summed E-state index contributed by atoms with van der Waals surface area (Å²) in [7, 11) is 1.72. The van der Waals surface area contributed by atoms with Gasteiger partial charge in [0.2, 0.25) is 0 Å². The van der Waals surface area contributed by atoms with Crippen molar-refractivity contribution in [3.63, 3.8) is 0 Å². The SMILES string of the molecule is COc1cc2c(c3ccc4ccccc4c13)CC(O)C2. The van der Waals surface area contributed by atoms with E-state index >= 15 is 0 Å². The lowest BCUT2D eigenvalue weighted by atomic mass is 9.95. The lowest BCUT2D eigenvalue weighted by Crippen LogP contribution is -2.03. The van der Waals surface area contributed by atoms with Crippen LogP contribution in [0, 0.1) is 0 Å². The molecule has 1 unspecified atom stereocenters. The van der Waals surface area contributed by atoms with Crippen molar-refractivity contribution in [1.29, 1.82) is 0 Å². The van der Waals surface area contributed by atoms with Gasteiger partial charge in [-0.15, -0.1) is 0 Å². The predicted molar refractivity (Wildman–Crippen MR) is 81.4 cm³/mol. The van der Waals surface area contributed by atoms with Crippen molar-refractivity contribution in [2.75, 3.05) is 7.11 Å². The Kier molecular flexibility index (Phi) is 2.48. The lowest BCUT2D eigenvalue weighted by molar-refractivity contribution is 0.187. The van der Waals surface area contributed by atoms with Gasteiger partial charge in [-0.1, -0.05) is 36.4 Å². The molecular formula is C18H16O2. The van der Waals surface area contributed by atoms with Crippen molar-refractivity contribution in [2.45, 2.75) is 18.9 Å². The van der Waals surface area contributed by atoms with Crippen LogP contribution in [0.1, 0.15) is 11.1 Å². The Bertz CT molecular complexity index is 820. The van der Waals surface area contributed by atoms with Gasteiger partial charge in [0.15, 0.2) is 0 Å². The maximum Gasteiger partial charge on any atom is 0.127 e. The molecule has 0 aliphatic heterocycles. The second-order valence-corrected chi connectivity index (χ2v) is 5.49. The number of aliphatic hydroxyl groups is 1. The van der Waals surface area contributed by atoms with E-state index in [9.17, 15) is 5.11 Å². The van der Waals surface area contributed by atoms with Gasteiger partial charge in [-0.05, 0) is 46.2 Å². The third kappa shape index (κ3) is 1.55. The molecule has 2 heteroatoms. The Morgan fingerprint density at radius 2 is 1.90 bits per heavy atom. The average Bonchev–Trinajstić information content (AvgIpc) is 2.86. The van der Waals surface area contributed by atoms with Gasteiger partial charge in [-0.3, -0.25) is 0 Å². The fourth-order valence-corrected chi connectivity index (χ4v) is 3.42. The number of methoxy groups -OCH3 is 1. The number of hydrogen-bond donors (Lipinski definition) is 1. The van der Waals surface area contributed by atoms with Gasteiger partial charge in [0.1, 0.15) is 5.75 Å². The van der Waals surface area contributed by atoms with Crippen LogP contribution < -0.4 is 4.74 Å². The zero-order valence-electron chi connectivity index (χ0n) is 11.4. The summed E-state index contributed by atoms with van der Waals surface area (Å²) in [6.45, 7) is 0. The first-order valence-corrected chi connectivity index (χ1v) is 6.96. The molecule has 100 valence electrons. The van der Waals surface area contributed by atoms with E-state index in [4.69, 9.17) is 4.74 Å². The molecule has 0 spiro atoms. The summed E-state index contributed by atoms with van der Waals surface area (Å²) in [5.74, 6) is 0.907. The monoisotopic (exact) mass is 264 g/mol. The van der Waals surface area contributed by atoms with Crippen molar-refractivity contribution in [3.8, 4) is 5.75 Å². The fourth-order valence-electron chi connectivity index (χ4n) is 3.42. The third-order valence-corrected chi connectivity index (χ3v) is 4.31. The summed E-state index contributed by atoms with van der Waals surface area (Å²) in [5.41, 5.74) is 2.50. The number of ether oxygens (including phenoxy) is 1. The van der Waals surface area contributed by atoms with E-state index in [0.717, 1.165) is 18.6 Å². The normalized spacial score (nSPS) is 17.6. The quantitative estimate of drug-likeness (QED) is 0.682. The second-order valence-electron chi connectivity index (χ2n) is 5.49. The molecule has 0 saturated carbocycles. The molecule has 2 nitrogen and oxygen atoms in total. The van der Waals surface area contributed by atoms with E-state index in [1.165, 1.54) is 32.7 Å². The highest BCUT2D eigenvalue weighted by Gasteiger charge is 2.24. The third-order valence-electron chi connectivity index (χ3n) is 4.31. The predicted octanol–water partition coefficient (Wildman–Crippen LogP) is 3.46. The Morgan fingerprint density at radius 1 is 1.05 bits per heavy atom. The van der Waals surface area contributed by atoms with Crippen molar-refractivity contribution >= 4 is 21.5 Å². The van der Waals surface area contributed by atoms with Gasteiger partial charge in [0.05, 0.1) is 13.2 Å². The molecule has 3 aromatic rings. The lowest BCUT2D eigenvalue weighted by Gasteiger charge is -2.13. The molecule has 1 N–H and O–H groups in total. The summed E-state index contributed by atoms with van der Waals surface area (Å²) in [6.07, 6.45) is 1.22. The maximum absolute atomic E-state index is 9.95. The first kappa shape index (κ1) is 11.7. The molecule has 20 heavy (non-hydrogen) atoms. The van der Waals surface area contributed by atoms with Crippen molar-refractivity contribution in [1.82, 2.24) is 0 Å². The van der Waals surface area contributed by atoms with E-state index in [0.29, 0.717) is 0 Å². The molecule has 1 aliphatic rings. The summed E-state index contributed by atoms with van der Waals surface area (Å²) in [4.78, 5) is 0. The summed E-state index contributed by atoms with van der Waals surface area (Å²) in [6, 6.07) is 14.8. The number of aliphatic hydroxyl groups excluding tert-OH is 1. The molecule has 0 fully saturated rings. The standard InChI is InChI=1S/C18H16O2/c1-20-17-9-12-8-13(19)10-16(12)15-7-6-11-4-2-3-5-14(11)18(15)17/h2-7,9,13,19H,8,10H2,1H3. The Labute approximate surface area is 117 Å². The largest absolute Gasteiger partial charge is 0.496 e. The minimum absolute atomic E-state index is 0.258. The first-order chi connectivity index (χ1) is 9.78. The highest BCUT2D eigenvalue weighted by molar-refractivity contribution is 6.12. The Balaban J connectivity index is 2.19. The van der Waals surface area contributed by atoms with Crippen LogP contribution in [0.4, 0.5) is 0 Å². The van der Waals surface area contributed by atoms with E-state index in [1.807, 2.05) is 0 Å². The Morgan fingerprint density at radius 3 is 2.75 bits per heavy atom. The topological polar surface area (TPSA) is 29.5 Å². The molecule has 4 rings (SSSR count). The fraction of sp³-hybridized carbons (Fsp3) is 0.222. The molecule has 0 aromatic heterocycles. The van der Waals surface area contributed by atoms with E-state index < -0.39 is 0 Å². The highest BCUT2D eigenvalue weighted by Crippen LogP contribution is 2.39.